The fraction of sp³-hybridized carbons (Fsp3) is 0.370. The second kappa shape index (κ2) is 9.31. The molecule has 1 aliphatic carbocycles. The number of halogens is 2. The Hall–Kier alpha value is -2.44. The van der Waals surface area contributed by atoms with Gasteiger partial charge in [-0.15, -0.1) is 0 Å². The second-order valence-electron chi connectivity index (χ2n) is 9.59. The minimum atomic E-state index is -0.247. The fourth-order valence-electron chi connectivity index (χ4n) is 5.83. The molecule has 7 heteroatoms. The first-order valence-electron chi connectivity index (χ1n) is 11.8. The Bertz CT molecular complexity index is 1190. The summed E-state index contributed by atoms with van der Waals surface area (Å²) >= 11 is 10.00. The van der Waals surface area contributed by atoms with E-state index in [4.69, 9.17) is 16.6 Å². The number of aryl methyl sites for hydroxylation is 2. The fourth-order valence-corrected chi connectivity index (χ4v) is 6.41. The van der Waals surface area contributed by atoms with Crippen molar-refractivity contribution in [2.24, 2.45) is 5.92 Å². The number of carbonyl (C=O) groups is 1. The van der Waals surface area contributed by atoms with E-state index in [1.54, 1.807) is 18.5 Å². The number of aromatic nitrogens is 2. The van der Waals surface area contributed by atoms with E-state index in [9.17, 15) is 10.0 Å². The van der Waals surface area contributed by atoms with Crippen LogP contribution in [0.1, 0.15) is 47.7 Å². The van der Waals surface area contributed by atoms with Gasteiger partial charge in [0.05, 0.1) is 12.1 Å². The Morgan fingerprint density at radius 3 is 2.76 bits per heavy atom. The van der Waals surface area contributed by atoms with Crippen LogP contribution in [0.25, 0.3) is 0 Å². The number of fused-ring (bicyclic) bond motifs is 2. The van der Waals surface area contributed by atoms with Gasteiger partial charge in [0.25, 0.3) is 0 Å². The normalized spacial score (nSPS) is 20.4. The van der Waals surface area contributed by atoms with E-state index >= 15 is 0 Å². The van der Waals surface area contributed by atoms with Crippen LogP contribution in [0.5, 0.6) is 0 Å². The van der Waals surface area contributed by atoms with Gasteiger partial charge in [-0.05, 0) is 95.4 Å². The summed E-state index contributed by atoms with van der Waals surface area (Å²) in [4.78, 5) is 19.9. The third kappa shape index (κ3) is 4.34. The van der Waals surface area contributed by atoms with Crippen molar-refractivity contribution in [3.05, 3.63) is 92.4 Å². The van der Waals surface area contributed by atoms with Crippen LogP contribution in [-0.4, -0.2) is 34.1 Å². The monoisotopic (exact) mass is 540 g/mol. The second-order valence-corrected chi connectivity index (χ2v) is 10.9. The third-order valence-corrected chi connectivity index (χ3v) is 8.25. The summed E-state index contributed by atoms with van der Waals surface area (Å²) in [6, 6.07) is 12.1. The highest BCUT2D eigenvalue weighted by Gasteiger charge is 2.44. The molecule has 1 unspecified atom stereocenters. The number of likely N-dealkylation sites (tertiary alicyclic amines) is 1. The first-order chi connectivity index (χ1) is 16.3. The highest BCUT2D eigenvalue weighted by atomic mass is 79.9. The lowest BCUT2D eigenvalue weighted by molar-refractivity contribution is -0.905. The highest BCUT2D eigenvalue weighted by molar-refractivity contribution is 9.10. The van der Waals surface area contributed by atoms with Gasteiger partial charge < -0.3 is 4.90 Å². The average Bonchev–Trinajstić information content (AvgIpc) is 2.94. The molecule has 1 amide bonds. The van der Waals surface area contributed by atoms with E-state index in [2.05, 4.69) is 41.1 Å². The standard InChI is InChI=1S/C27H28BrClN3O2/c1-27(21-8-11-31(12-9-21)25(33)13-18-3-2-10-32(34)17-18)24-7-6-23(29)15-19(24)4-5-20-14-22(28)16-30-26(20)27/h2-3,6-7,10,14-17,21,34H,4-5,8-9,11-13H2,1H3/q+1. The van der Waals surface area contributed by atoms with Crippen molar-refractivity contribution in [3.8, 4) is 0 Å². The van der Waals surface area contributed by atoms with Crippen molar-refractivity contribution in [1.82, 2.24) is 9.88 Å². The molecule has 176 valence electrons. The van der Waals surface area contributed by atoms with Crippen LogP contribution < -0.4 is 4.73 Å². The average molecular weight is 542 g/mol. The van der Waals surface area contributed by atoms with Crippen LogP contribution in [0.15, 0.2) is 59.5 Å². The molecule has 1 N–H and O–H groups in total. The third-order valence-electron chi connectivity index (χ3n) is 7.58. The predicted octanol–water partition coefficient (Wildman–Crippen LogP) is 4.91. The van der Waals surface area contributed by atoms with Gasteiger partial charge in [0.2, 0.25) is 18.3 Å². The van der Waals surface area contributed by atoms with Crippen LogP contribution in [0, 0.1) is 5.92 Å². The Labute approximate surface area is 213 Å². The summed E-state index contributed by atoms with van der Waals surface area (Å²) in [5.41, 5.74) is 5.60. The molecule has 34 heavy (non-hydrogen) atoms. The summed E-state index contributed by atoms with van der Waals surface area (Å²) < 4.78 is 2.00. The lowest BCUT2D eigenvalue weighted by atomic mass is 9.64. The predicted molar refractivity (Wildman–Crippen MR) is 134 cm³/mol. The zero-order valence-corrected chi connectivity index (χ0v) is 21.5. The number of nitrogens with zero attached hydrogens (tertiary/aromatic N) is 3. The van der Waals surface area contributed by atoms with E-state index < -0.39 is 0 Å². The molecule has 1 fully saturated rings. The molecule has 0 saturated carbocycles. The molecular weight excluding hydrogens is 514 g/mol. The van der Waals surface area contributed by atoms with Crippen molar-refractivity contribution < 1.29 is 14.7 Å². The van der Waals surface area contributed by atoms with Gasteiger partial charge in [0.1, 0.15) is 0 Å². The Balaban J connectivity index is 1.42. The topological polar surface area (TPSA) is 57.3 Å². The van der Waals surface area contributed by atoms with E-state index in [-0.39, 0.29) is 11.3 Å². The van der Waals surface area contributed by atoms with Gasteiger partial charge in [-0.1, -0.05) is 17.7 Å². The van der Waals surface area contributed by atoms with E-state index in [1.807, 2.05) is 23.2 Å². The maximum atomic E-state index is 13.0. The molecule has 5 rings (SSSR count). The molecule has 0 radical (unpaired) electrons. The molecule has 1 aliphatic heterocycles. The number of carbonyl (C=O) groups excluding carboxylic acids is 1. The van der Waals surface area contributed by atoms with E-state index in [1.165, 1.54) is 16.7 Å². The molecule has 3 heterocycles. The molecule has 0 bridgehead atoms. The van der Waals surface area contributed by atoms with Gasteiger partial charge in [0.15, 0.2) is 0 Å². The van der Waals surface area contributed by atoms with E-state index in [0.717, 1.165) is 64.3 Å². The molecule has 1 atom stereocenters. The SMILES string of the molecule is CC1(C2CCN(C(=O)Cc3ccc[n+](O)c3)CC2)c2ccc(Cl)cc2CCc2cc(Br)cnc21. The molecule has 1 saturated heterocycles. The van der Waals surface area contributed by atoms with Crippen LogP contribution in [0.2, 0.25) is 5.02 Å². The summed E-state index contributed by atoms with van der Waals surface area (Å²) in [6.07, 6.45) is 9.03. The van der Waals surface area contributed by atoms with Crippen LogP contribution in [0.4, 0.5) is 0 Å². The molecule has 5 nitrogen and oxygen atoms in total. The van der Waals surface area contributed by atoms with Gasteiger partial charge in [0, 0.05) is 50.6 Å². The molecule has 3 aromatic rings. The summed E-state index contributed by atoms with van der Waals surface area (Å²) in [7, 11) is 0. The first-order valence-corrected chi connectivity index (χ1v) is 12.9. The number of piperidine rings is 1. The lowest BCUT2D eigenvalue weighted by Crippen LogP contribution is -2.46. The number of rotatable bonds is 3. The van der Waals surface area contributed by atoms with Gasteiger partial charge in [-0.2, -0.15) is 0 Å². The summed E-state index contributed by atoms with van der Waals surface area (Å²) in [6.45, 7) is 3.77. The molecule has 2 aromatic heterocycles. The summed E-state index contributed by atoms with van der Waals surface area (Å²) in [5.74, 6) is 0.462. The number of pyridine rings is 2. The largest absolute Gasteiger partial charge is 0.342 e. The Kier molecular flexibility index (Phi) is 6.38. The van der Waals surface area contributed by atoms with Crippen LogP contribution >= 0.6 is 27.5 Å². The van der Waals surface area contributed by atoms with Crippen molar-refractivity contribution in [2.45, 2.75) is 44.4 Å². The van der Waals surface area contributed by atoms with Crippen molar-refractivity contribution >= 4 is 33.4 Å². The zero-order valence-electron chi connectivity index (χ0n) is 19.2. The first kappa shape index (κ1) is 23.3. The smallest absolute Gasteiger partial charge is 0.227 e. The maximum Gasteiger partial charge on any atom is 0.227 e. The minimum Gasteiger partial charge on any atom is -0.342 e. The van der Waals surface area contributed by atoms with Crippen molar-refractivity contribution in [2.75, 3.05) is 13.1 Å². The minimum absolute atomic E-state index is 0.102. The van der Waals surface area contributed by atoms with E-state index in [0.29, 0.717) is 12.3 Å². The lowest BCUT2D eigenvalue weighted by Gasteiger charge is -2.43. The molecule has 1 aromatic carbocycles. The number of amides is 1. The number of hydrogen-bond donors (Lipinski definition) is 1. The Morgan fingerprint density at radius 1 is 1.24 bits per heavy atom. The molecule has 0 spiro atoms. The van der Waals surface area contributed by atoms with Crippen LogP contribution in [-0.2, 0) is 29.5 Å². The van der Waals surface area contributed by atoms with Crippen molar-refractivity contribution in [1.29, 1.82) is 0 Å². The molecular formula is C27H28BrClN3O2+. The number of hydrogen-bond acceptors (Lipinski definition) is 3. The van der Waals surface area contributed by atoms with Gasteiger partial charge in [-0.3, -0.25) is 15.0 Å². The van der Waals surface area contributed by atoms with Crippen LogP contribution in [0.3, 0.4) is 0 Å². The van der Waals surface area contributed by atoms with Crippen molar-refractivity contribution in [3.63, 3.8) is 0 Å². The maximum absolute atomic E-state index is 13.0. The Morgan fingerprint density at radius 2 is 2.00 bits per heavy atom. The molecule has 2 aliphatic rings. The van der Waals surface area contributed by atoms with Gasteiger partial charge in [-0.25, -0.2) is 0 Å². The highest BCUT2D eigenvalue weighted by Crippen LogP contribution is 2.48. The summed E-state index contributed by atoms with van der Waals surface area (Å²) in [5, 5.41) is 10.4. The van der Waals surface area contributed by atoms with Gasteiger partial charge >= 0.3 is 0 Å². The number of benzene rings is 1. The quantitative estimate of drug-likeness (QED) is 0.379. The zero-order chi connectivity index (χ0) is 23.9.